The lowest BCUT2D eigenvalue weighted by molar-refractivity contribution is -0.183. The van der Waals surface area contributed by atoms with Crippen molar-refractivity contribution >= 4 is 0 Å². The van der Waals surface area contributed by atoms with Crippen molar-refractivity contribution in [3.63, 3.8) is 0 Å². The number of hydrogen-bond acceptors (Lipinski definition) is 4. The molecule has 2 aliphatic heterocycles. The summed E-state index contributed by atoms with van der Waals surface area (Å²) in [6.45, 7) is 2.14. The molecule has 0 aromatic heterocycles. The Bertz CT molecular complexity index is 681. The molecule has 0 aromatic carbocycles. The number of hydrogen-bond donors (Lipinski definition) is 0. The standard InChI is InChI=1S/C17H20N2O3/c20-16-18-14-4-2-1-3-5-15(14)19(16)12-13-6-8-17(9-7-13)21-10-11-22-17/h1-5,13H,6-12H2. The van der Waals surface area contributed by atoms with Crippen LogP contribution in [0.15, 0.2) is 35.1 Å². The summed E-state index contributed by atoms with van der Waals surface area (Å²) in [6.07, 6.45) is 3.90. The molecule has 1 saturated carbocycles. The minimum absolute atomic E-state index is 0.144. The summed E-state index contributed by atoms with van der Waals surface area (Å²) >= 11 is 0. The molecule has 0 radical (unpaired) electrons. The minimum atomic E-state index is -0.333. The van der Waals surface area contributed by atoms with Gasteiger partial charge in [0.05, 0.1) is 24.6 Å². The van der Waals surface area contributed by atoms with E-state index in [4.69, 9.17) is 9.47 Å². The summed E-state index contributed by atoms with van der Waals surface area (Å²) in [5, 5.41) is 0. The van der Waals surface area contributed by atoms with Gasteiger partial charge in [-0.25, -0.2) is 4.79 Å². The SMILES string of the molecule is O=c1nc2cccccc-2n1CC1CCC2(CC1)OCCO2. The molecule has 0 N–H and O–H groups in total. The molecule has 116 valence electrons. The van der Waals surface area contributed by atoms with Gasteiger partial charge in [-0.2, -0.15) is 4.98 Å². The molecule has 1 spiro atoms. The quantitative estimate of drug-likeness (QED) is 0.854. The van der Waals surface area contributed by atoms with Crippen LogP contribution in [0.4, 0.5) is 0 Å². The molecule has 0 unspecified atom stereocenters. The van der Waals surface area contributed by atoms with Gasteiger partial charge in [0.2, 0.25) is 0 Å². The Balaban J connectivity index is 1.51. The Morgan fingerprint density at radius 1 is 1.14 bits per heavy atom. The smallest absolute Gasteiger partial charge is 0.348 e. The zero-order valence-electron chi connectivity index (χ0n) is 12.5. The van der Waals surface area contributed by atoms with Gasteiger partial charge in [0.15, 0.2) is 5.79 Å². The van der Waals surface area contributed by atoms with Crippen LogP contribution in [-0.4, -0.2) is 28.6 Å². The van der Waals surface area contributed by atoms with E-state index < -0.39 is 0 Å². The summed E-state index contributed by atoms with van der Waals surface area (Å²) < 4.78 is 13.4. The second kappa shape index (κ2) is 5.48. The van der Waals surface area contributed by atoms with E-state index >= 15 is 0 Å². The number of imidazole rings is 1. The van der Waals surface area contributed by atoms with E-state index in [0.717, 1.165) is 43.6 Å². The first-order valence-corrected chi connectivity index (χ1v) is 7.99. The van der Waals surface area contributed by atoms with Crippen molar-refractivity contribution in [1.29, 1.82) is 0 Å². The third-order valence-corrected chi connectivity index (χ3v) is 4.85. The maximum Gasteiger partial charge on any atom is 0.348 e. The summed E-state index contributed by atoms with van der Waals surface area (Å²) in [7, 11) is 0. The van der Waals surface area contributed by atoms with Crippen LogP contribution in [0.3, 0.4) is 0 Å². The lowest BCUT2D eigenvalue weighted by Crippen LogP contribution is -2.36. The predicted molar refractivity (Wildman–Crippen MR) is 81.7 cm³/mol. The second-order valence-corrected chi connectivity index (χ2v) is 6.24. The highest BCUT2D eigenvalue weighted by Crippen LogP contribution is 2.39. The molecule has 4 rings (SSSR count). The number of nitrogens with zero attached hydrogens (tertiary/aromatic N) is 2. The maximum atomic E-state index is 12.2. The minimum Gasteiger partial charge on any atom is -0.348 e. The van der Waals surface area contributed by atoms with Crippen LogP contribution in [0.25, 0.3) is 11.4 Å². The van der Waals surface area contributed by atoms with E-state index in [1.807, 2.05) is 34.9 Å². The third-order valence-electron chi connectivity index (χ3n) is 4.85. The summed E-state index contributed by atoms with van der Waals surface area (Å²) in [5.74, 6) is 0.147. The number of rotatable bonds is 2. The van der Waals surface area contributed by atoms with Crippen LogP contribution >= 0.6 is 0 Å². The molecule has 5 nitrogen and oxygen atoms in total. The number of ether oxygens (including phenoxy) is 2. The molecule has 2 heterocycles. The highest BCUT2D eigenvalue weighted by molar-refractivity contribution is 5.55. The molecule has 2 fully saturated rings. The van der Waals surface area contributed by atoms with Crippen LogP contribution < -0.4 is 5.69 Å². The van der Waals surface area contributed by atoms with Crippen LogP contribution in [0.5, 0.6) is 0 Å². The van der Waals surface area contributed by atoms with Crippen LogP contribution in [0, 0.1) is 5.92 Å². The third kappa shape index (κ3) is 2.44. The first-order chi connectivity index (χ1) is 10.8. The van der Waals surface area contributed by atoms with Gasteiger partial charge in [-0.05, 0) is 30.9 Å². The molecule has 2 aliphatic carbocycles. The summed E-state index contributed by atoms with van der Waals surface area (Å²) in [4.78, 5) is 16.3. The van der Waals surface area contributed by atoms with Crippen molar-refractivity contribution < 1.29 is 9.47 Å². The van der Waals surface area contributed by atoms with Crippen molar-refractivity contribution in [2.24, 2.45) is 5.92 Å². The lowest BCUT2D eigenvalue weighted by atomic mass is 9.85. The van der Waals surface area contributed by atoms with Crippen LogP contribution in [0.1, 0.15) is 25.7 Å². The molecule has 5 heteroatoms. The normalized spacial score (nSPS) is 21.6. The Hall–Kier alpha value is -1.72. The monoisotopic (exact) mass is 300 g/mol. The molecule has 22 heavy (non-hydrogen) atoms. The highest BCUT2D eigenvalue weighted by atomic mass is 16.7. The molecular formula is C17H20N2O3. The average molecular weight is 300 g/mol. The largest absolute Gasteiger partial charge is 0.348 e. The van der Waals surface area contributed by atoms with Gasteiger partial charge < -0.3 is 9.47 Å². The van der Waals surface area contributed by atoms with Crippen molar-refractivity contribution in [3.05, 3.63) is 40.8 Å². The van der Waals surface area contributed by atoms with Crippen molar-refractivity contribution in [2.75, 3.05) is 13.2 Å². The van der Waals surface area contributed by atoms with Crippen molar-refractivity contribution in [3.8, 4) is 11.4 Å². The Morgan fingerprint density at radius 3 is 2.64 bits per heavy atom. The number of aromatic nitrogens is 2. The Morgan fingerprint density at radius 2 is 1.86 bits per heavy atom. The topological polar surface area (TPSA) is 53.4 Å². The van der Waals surface area contributed by atoms with E-state index in [2.05, 4.69) is 4.98 Å². The molecule has 0 aromatic rings. The van der Waals surface area contributed by atoms with Crippen LogP contribution in [0.2, 0.25) is 0 Å². The van der Waals surface area contributed by atoms with Gasteiger partial charge >= 0.3 is 5.69 Å². The van der Waals surface area contributed by atoms with E-state index in [1.54, 1.807) is 0 Å². The molecule has 4 aliphatic rings. The molecular weight excluding hydrogens is 280 g/mol. The molecule has 0 bridgehead atoms. The van der Waals surface area contributed by atoms with E-state index in [9.17, 15) is 4.79 Å². The van der Waals surface area contributed by atoms with Crippen LogP contribution in [-0.2, 0) is 16.0 Å². The second-order valence-electron chi connectivity index (χ2n) is 6.24. The van der Waals surface area contributed by atoms with E-state index in [1.165, 1.54) is 0 Å². The molecule has 1 saturated heterocycles. The van der Waals surface area contributed by atoms with Crippen molar-refractivity contribution in [1.82, 2.24) is 9.55 Å². The summed E-state index contributed by atoms with van der Waals surface area (Å²) in [5.41, 5.74) is 1.54. The zero-order chi connectivity index (χ0) is 15.0. The predicted octanol–water partition coefficient (Wildman–Crippen LogP) is 2.28. The first kappa shape index (κ1) is 13.9. The average Bonchev–Trinajstić information content (AvgIpc) is 3.00. The fraction of sp³-hybridized carbons (Fsp3) is 0.529. The van der Waals surface area contributed by atoms with Gasteiger partial charge in [0.1, 0.15) is 0 Å². The maximum absolute atomic E-state index is 12.2. The lowest BCUT2D eigenvalue weighted by Gasteiger charge is -2.35. The van der Waals surface area contributed by atoms with Gasteiger partial charge in [0.25, 0.3) is 0 Å². The van der Waals surface area contributed by atoms with Crippen molar-refractivity contribution in [2.45, 2.75) is 38.0 Å². The van der Waals surface area contributed by atoms with Gasteiger partial charge in [0, 0.05) is 19.4 Å². The van der Waals surface area contributed by atoms with Gasteiger partial charge in [-0.3, -0.25) is 4.57 Å². The molecule has 0 amide bonds. The van der Waals surface area contributed by atoms with E-state index in [-0.39, 0.29) is 11.5 Å². The fourth-order valence-corrected chi connectivity index (χ4v) is 3.64. The van der Waals surface area contributed by atoms with E-state index in [0.29, 0.717) is 19.1 Å². The first-order valence-electron chi connectivity index (χ1n) is 7.99. The Labute approximate surface area is 129 Å². The fourth-order valence-electron chi connectivity index (χ4n) is 3.64. The van der Waals surface area contributed by atoms with Gasteiger partial charge in [-0.1, -0.05) is 18.2 Å². The van der Waals surface area contributed by atoms with Gasteiger partial charge in [-0.15, -0.1) is 0 Å². The highest BCUT2D eigenvalue weighted by Gasteiger charge is 2.40. The Kier molecular flexibility index (Phi) is 3.47. The summed E-state index contributed by atoms with van der Waals surface area (Å²) in [6, 6.07) is 9.68. The number of fused-ring (bicyclic) bond motifs is 1. The zero-order valence-corrected chi connectivity index (χ0v) is 12.5. The molecule has 0 atom stereocenters.